The summed E-state index contributed by atoms with van der Waals surface area (Å²) in [6.07, 6.45) is 3.38. The molecule has 4 atom stereocenters. The number of rotatable bonds is 27. The number of hydrogen-bond acceptors (Lipinski definition) is 19. The van der Waals surface area contributed by atoms with Crippen molar-refractivity contribution >= 4 is 125 Å². The van der Waals surface area contributed by atoms with Crippen LogP contribution in [0.2, 0.25) is 10.0 Å². The van der Waals surface area contributed by atoms with E-state index < -0.39 is 45.3 Å². The summed E-state index contributed by atoms with van der Waals surface area (Å²) in [5.74, 6) is -1.19. The number of likely N-dealkylation sites (N-methyl/N-ethyl adjacent to an activating group) is 2. The Hall–Kier alpha value is -15.3. The highest BCUT2D eigenvalue weighted by Crippen LogP contribution is 2.44. The number of carboxylic acids is 3. The fourth-order valence-corrected chi connectivity index (χ4v) is 18.2. The lowest BCUT2D eigenvalue weighted by Gasteiger charge is -2.33. The summed E-state index contributed by atoms with van der Waals surface area (Å²) >= 11 is 12.1. The molecule has 0 bridgehead atoms. The molecule has 0 fully saturated rings. The maximum absolute atomic E-state index is 14.4. The number of fused-ring (bicyclic) bond motifs is 7. The first-order valence-corrected chi connectivity index (χ1v) is 46.9. The summed E-state index contributed by atoms with van der Waals surface area (Å²) < 4.78 is 84.2. The number of nitrogens with zero attached hydrogens (tertiary/aromatic N) is 4. The number of ketones is 1. The predicted octanol–water partition coefficient (Wildman–Crippen LogP) is 19.5. The maximum Gasteiger partial charge on any atom is 0.310 e. The Bertz CT molecular complexity index is 6940. The molecule has 0 saturated carbocycles. The summed E-state index contributed by atoms with van der Waals surface area (Å²) in [4.78, 5) is 102. The van der Waals surface area contributed by atoms with E-state index in [-0.39, 0.29) is 101 Å². The van der Waals surface area contributed by atoms with Crippen LogP contribution in [-0.4, -0.2) is 152 Å². The van der Waals surface area contributed by atoms with E-state index in [1.807, 2.05) is 136 Å². The number of para-hydroxylation sites is 4. The summed E-state index contributed by atoms with van der Waals surface area (Å²) in [5.41, 5.74) is 11.4. The molecule has 0 aliphatic carbocycles. The summed E-state index contributed by atoms with van der Waals surface area (Å²) in [6.45, 7) is 5.07. The van der Waals surface area contributed by atoms with E-state index in [2.05, 4.69) is 26.5 Å². The largest absolute Gasteiger partial charge is 0.490 e. The highest BCUT2D eigenvalue weighted by Gasteiger charge is 2.36. The summed E-state index contributed by atoms with van der Waals surface area (Å²) in [6, 6.07) is 81.5. The van der Waals surface area contributed by atoms with Crippen LogP contribution in [0.4, 0.5) is 27.1 Å². The Morgan fingerprint density at radius 3 is 1.60 bits per heavy atom. The fraction of sp³-hybridized carbons (Fsp3) is 0.215. The zero-order valence-electron chi connectivity index (χ0n) is 75.1. The molecule has 2 aromatic heterocycles. The standard InChI is InChI=1S/C35H31ClN2O5.C25H24N2O5.C25H23NO5.C22H19ClFNO5S/c1-23-30(19-34(39)42-21-24-8-4-3-5-9-24)29-10-6-7-11-31(29)38(23)35(40)25-12-15-27(16-13-25)41-22-28-20-37(2)32-17-14-26(36)18-33(32)43-28;1-27-15-21(32-23-8-3-2-7-22(23)27)16-31-20-11-9-18(10-12-20)25(30)26-19-6-4-5-17(13-19)14-24(28)29;27-24(28)15-17-4-3-6-20(14-17)26-25(29)19-9-11-21(12-10-19)30-16-22-13-8-18-5-1-2-7-23(18)31-22;1-31(29,30)17-11-15(24)10-16-19(17)20(22(28)12-4-6-14(23)7-5-12)21-13(9-18(26)27)3-2-8-25(16)21/h3-18,28H,19-22H2,1-2H3;2-13,21H,14-16H2,1H3,(H,26,30)(H,28,29);1-7,9-12,14,22H,8,13,15-16H2,(H,26,29)(H,27,28);4-7,10-11,13H,2-3,8-9H2,1H3,(H,26,27)/t28-;21-;;13-/m00.1/s1. The smallest absolute Gasteiger partial charge is 0.310 e. The van der Waals surface area contributed by atoms with Crippen molar-refractivity contribution in [3.05, 3.63) is 362 Å². The van der Waals surface area contributed by atoms with Crippen LogP contribution in [0.3, 0.4) is 0 Å². The minimum absolute atomic E-state index is 0.00375. The summed E-state index contributed by atoms with van der Waals surface area (Å²) in [5, 5.41) is 34.9. The number of esters is 1. The van der Waals surface area contributed by atoms with Gasteiger partial charge < -0.3 is 73.5 Å². The van der Waals surface area contributed by atoms with Crippen LogP contribution < -0.4 is 48.9 Å². The van der Waals surface area contributed by atoms with E-state index in [4.69, 9.17) is 66.6 Å². The third kappa shape index (κ3) is 24.5. The molecule has 30 heteroatoms. The van der Waals surface area contributed by atoms with Crippen molar-refractivity contribution in [3.63, 3.8) is 0 Å². The number of aliphatic carboxylic acids is 3. The second-order valence-electron chi connectivity index (χ2n) is 33.5. The molecule has 4 aliphatic heterocycles. The minimum atomic E-state index is -3.88. The number of ether oxygens (including phenoxy) is 7. The lowest BCUT2D eigenvalue weighted by atomic mass is 9.87. The first-order chi connectivity index (χ1) is 66.0. The van der Waals surface area contributed by atoms with Crippen LogP contribution in [0.1, 0.15) is 118 Å². The van der Waals surface area contributed by atoms with Crippen LogP contribution >= 0.6 is 23.2 Å². The first kappa shape index (κ1) is 96.3. The van der Waals surface area contributed by atoms with Crippen molar-refractivity contribution in [2.75, 3.05) is 73.7 Å². The molecule has 0 radical (unpaired) electrons. The predicted molar refractivity (Wildman–Crippen MR) is 520 cm³/mol. The Kier molecular flexibility index (Phi) is 30.8. The average Bonchev–Trinajstić information content (AvgIpc) is 1.56. The van der Waals surface area contributed by atoms with Gasteiger partial charge >= 0.3 is 23.9 Å². The van der Waals surface area contributed by atoms with Crippen molar-refractivity contribution in [2.24, 2.45) is 0 Å². The van der Waals surface area contributed by atoms with Gasteiger partial charge in [-0.2, -0.15) is 0 Å². The Morgan fingerprint density at radius 1 is 0.496 bits per heavy atom. The van der Waals surface area contributed by atoms with Gasteiger partial charge in [0.05, 0.1) is 71.6 Å². The van der Waals surface area contributed by atoms with Gasteiger partial charge in [-0.25, -0.2) is 12.8 Å². The zero-order chi connectivity index (χ0) is 96.6. The number of carbonyl (C=O) groups is 8. The molecule has 12 aromatic carbocycles. The molecule has 18 rings (SSSR count). The average molecular weight is 1910 g/mol. The van der Waals surface area contributed by atoms with E-state index in [0.717, 1.165) is 82.4 Å². The van der Waals surface area contributed by atoms with Crippen molar-refractivity contribution in [1.29, 1.82) is 0 Å². The zero-order valence-corrected chi connectivity index (χ0v) is 77.4. The van der Waals surface area contributed by atoms with Crippen molar-refractivity contribution in [1.82, 2.24) is 9.13 Å². The Balaban J connectivity index is 0.000000140. The van der Waals surface area contributed by atoms with Crippen LogP contribution in [0.25, 0.3) is 21.8 Å². The molecule has 5 N–H and O–H groups in total. The summed E-state index contributed by atoms with van der Waals surface area (Å²) in [7, 11) is 0.156. The lowest BCUT2D eigenvalue weighted by Crippen LogP contribution is -2.41. The Labute approximate surface area is 799 Å². The molecule has 0 saturated heterocycles. The molecule has 0 spiro atoms. The monoisotopic (exact) mass is 1910 g/mol. The number of benzene rings is 12. The molecule has 14 aromatic rings. The highest BCUT2D eigenvalue weighted by molar-refractivity contribution is 7.91. The normalized spacial score (nSPS) is 14.9. The van der Waals surface area contributed by atoms with Gasteiger partial charge in [0.25, 0.3) is 17.7 Å². The number of nitrogens with one attached hydrogen (secondary N) is 2. The molecule has 702 valence electrons. The number of hydrogen-bond donors (Lipinski definition) is 5. The number of halogens is 3. The molecular formula is C107H97Cl2FN6O20S. The number of carbonyl (C=O) groups excluding carboxylic acids is 5. The molecule has 2 amide bonds. The number of aryl methyl sites for hydroxylation is 2. The van der Waals surface area contributed by atoms with Crippen LogP contribution in [0, 0.1) is 12.7 Å². The number of carboxylic acid groups (broad SMARTS) is 3. The van der Waals surface area contributed by atoms with Crippen LogP contribution in [-0.2, 0) is 72.6 Å². The maximum atomic E-state index is 14.4. The molecular weight excluding hydrogens is 1810 g/mol. The van der Waals surface area contributed by atoms with Crippen LogP contribution in [0.5, 0.6) is 34.5 Å². The van der Waals surface area contributed by atoms with Gasteiger partial charge in [0.15, 0.2) is 15.6 Å². The van der Waals surface area contributed by atoms with Crippen molar-refractivity contribution in [2.45, 2.75) is 101 Å². The van der Waals surface area contributed by atoms with Gasteiger partial charge in [0.2, 0.25) is 0 Å². The molecule has 6 heterocycles. The van der Waals surface area contributed by atoms with Gasteiger partial charge in [-0.1, -0.05) is 126 Å². The van der Waals surface area contributed by atoms with E-state index in [0.29, 0.717) is 124 Å². The molecule has 137 heavy (non-hydrogen) atoms. The number of aromatic nitrogens is 2. The Morgan fingerprint density at radius 2 is 1.01 bits per heavy atom. The number of amides is 2. The SMILES string of the molecule is CN1C[C@@H](COc2ccc(C(=O)Nc3cccc(CC(=O)O)c3)cc2)Oc2ccccc21.CS(=O)(=O)c1cc(F)cc2c1c(C(=O)c1ccc(Cl)cc1)c1n2CCC[C@@H]1CC(=O)O.Cc1c(CC(=O)OCc2ccccc2)c2ccccc2n1C(=O)c1ccc(OC[C@@H]2CN(C)c3ccc(Cl)cc3O2)cc1.O=C(O)Cc1cccc(NC(=O)c2ccc(OCC3CCc4ccccc4O3)cc2)c1. The van der Waals surface area contributed by atoms with Crippen molar-refractivity contribution in [3.8, 4) is 34.5 Å². The van der Waals surface area contributed by atoms with E-state index in [1.165, 1.54) is 23.8 Å². The van der Waals surface area contributed by atoms with E-state index in [1.54, 1.807) is 143 Å². The lowest BCUT2D eigenvalue weighted by molar-refractivity contribution is -0.144. The van der Waals surface area contributed by atoms with Gasteiger partial charge in [-0.15, -0.1) is 0 Å². The minimum Gasteiger partial charge on any atom is -0.490 e. The second kappa shape index (κ2) is 43.8. The van der Waals surface area contributed by atoms with Gasteiger partial charge in [-0.05, 0) is 230 Å². The fourth-order valence-electron chi connectivity index (χ4n) is 17.0. The van der Waals surface area contributed by atoms with Gasteiger partial charge in [0, 0.05) is 105 Å². The van der Waals surface area contributed by atoms with Gasteiger partial charge in [0.1, 0.15) is 85.1 Å². The highest BCUT2D eigenvalue weighted by atomic mass is 35.5. The van der Waals surface area contributed by atoms with Crippen molar-refractivity contribution < 1.29 is 99.6 Å². The topological polar surface area (TPSA) is 336 Å². The van der Waals surface area contributed by atoms with Gasteiger partial charge in [-0.3, -0.25) is 42.9 Å². The molecule has 4 aliphatic rings. The molecule has 1 unspecified atom stereocenters. The van der Waals surface area contributed by atoms with E-state index in [9.17, 15) is 56.3 Å². The third-order valence-corrected chi connectivity index (χ3v) is 25.1. The number of sulfone groups is 1. The quantitative estimate of drug-likeness (QED) is 0.0236. The van der Waals surface area contributed by atoms with E-state index >= 15 is 0 Å². The third-order valence-electron chi connectivity index (χ3n) is 23.5. The number of anilines is 4. The molecule has 26 nitrogen and oxygen atoms in total. The van der Waals surface area contributed by atoms with Crippen LogP contribution in [0.15, 0.2) is 284 Å². The second-order valence-corrected chi connectivity index (χ2v) is 36.3. The first-order valence-electron chi connectivity index (χ1n) is 44.2.